The molecule has 168 valence electrons. The monoisotopic (exact) mass is 472 g/mol. The number of nitrogens with zero attached hydrogens (tertiary/aromatic N) is 3. The highest BCUT2D eigenvalue weighted by Gasteiger charge is 2.25. The lowest BCUT2D eigenvalue weighted by molar-refractivity contribution is -0.116. The molecule has 3 heterocycles. The molecule has 10 heteroatoms. The van der Waals surface area contributed by atoms with Crippen LogP contribution >= 0.6 is 22.7 Å². The molecule has 1 atom stereocenters. The van der Waals surface area contributed by atoms with Crippen LogP contribution in [-0.4, -0.2) is 33.0 Å². The summed E-state index contributed by atoms with van der Waals surface area (Å²) < 4.78 is 6.44. The number of aromatic nitrogens is 3. The first-order valence-electron chi connectivity index (χ1n) is 10.4. The Labute approximate surface area is 193 Å². The lowest BCUT2D eigenvalue weighted by atomic mass is 9.89. The van der Waals surface area contributed by atoms with Crippen LogP contribution in [0.5, 0.6) is 0 Å². The topological polar surface area (TPSA) is 103 Å². The average molecular weight is 473 g/mol. The summed E-state index contributed by atoms with van der Waals surface area (Å²) in [5.41, 5.74) is 1.38. The number of esters is 1. The summed E-state index contributed by atoms with van der Waals surface area (Å²) in [6.45, 7) is 9.06. The molecule has 3 aromatic rings. The maximum Gasteiger partial charge on any atom is 0.350 e. The molecule has 8 nitrogen and oxygen atoms in total. The van der Waals surface area contributed by atoms with Gasteiger partial charge in [0.05, 0.1) is 11.1 Å². The first-order valence-corrected chi connectivity index (χ1v) is 12.0. The average Bonchev–Trinajstić information content (AvgIpc) is 3.28. The molecule has 1 amide bonds. The third-order valence-electron chi connectivity index (χ3n) is 5.47. The van der Waals surface area contributed by atoms with Gasteiger partial charge in [-0.05, 0) is 44.6 Å². The Morgan fingerprint density at radius 2 is 2.09 bits per heavy atom. The van der Waals surface area contributed by atoms with Crippen LogP contribution in [0.1, 0.15) is 45.0 Å². The van der Waals surface area contributed by atoms with E-state index in [0.29, 0.717) is 27.7 Å². The van der Waals surface area contributed by atoms with Crippen LogP contribution in [0.3, 0.4) is 0 Å². The van der Waals surface area contributed by atoms with Gasteiger partial charge in [-0.3, -0.25) is 14.2 Å². The maximum absolute atomic E-state index is 13.3. The molecule has 1 N–H and O–H groups in total. The Kier molecular flexibility index (Phi) is 6.25. The van der Waals surface area contributed by atoms with Gasteiger partial charge in [0.1, 0.15) is 28.7 Å². The molecule has 0 saturated carbocycles. The van der Waals surface area contributed by atoms with Gasteiger partial charge in [-0.15, -0.1) is 11.3 Å². The fourth-order valence-electron chi connectivity index (χ4n) is 3.85. The Morgan fingerprint density at radius 1 is 1.31 bits per heavy atom. The van der Waals surface area contributed by atoms with Gasteiger partial charge in [0.2, 0.25) is 5.91 Å². The number of hydrogen-bond donors (Lipinski definition) is 1. The van der Waals surface area contributed by atoms with E-state index in [1.54, 1.807) is 25.2 Å². The molecule has 32 heavy (non-hydrogen) atoms. The molecule has 1 aliphatic rings. The second-order valence-electron chi connectivity index (χ2n) is 7.95. The van der Waals surface area contributed by atoms with E-state index in [1.165, 1.54) is 15.5 Å². The highest BCUT2D eigenvalue weighted by molar-refractivity contribution is 7.19. The van der Waals surface area contributed by atoms with Crippen LogP contribution < -0.4 is 10.9 Å². The number of thiophene rings is 1. The highest BCUT2D eigenvalue weighted by Crippen LogP contribution is 2.35. The standard InChI is InChI=1S/C22H24N4O4S2/c1-5-8-30-21(29)18-12(3)23-22(32-18)25-16(27)10-26-13(4)24-19-17(20(26)28)14-7-6-11(2)9-15(14)31-19/h5,11H,1,6-10H2,2-4H3,(H,23,25,27). The molecular formula is C22H24N4O4S2. The van der Waals surface area contributed by atoms with Gasteiger partial charge in [0.25, 0.3) is 5.56 Å². The second-order valence-corrected chi connectivity index (χ2v) is 10.0. The first kappa shape index (κ1) is 22.3. The van der Waals surface area contributed by atoms with Gasteiger partial charge in [0, 0.05) is 4.88 Å². The van der Waals surface area contributed by atoms with Crippen LogP contribution in [0.15, 0.2) is 17.4 Å². The number of nitrogens with one attached hydrogen (secondary N) is 1. The Hall–Kier alpha value is -2.85. The predicted octanol–water partition coefficient (Wildman–Crippen LogP) is 3.64. The predicted molar refractivity (Wildman–Crippen MR) is 126 cm³/mol. The molecule has 0 aliphatic heterocycles. The first-order chi connectivity index (χ1) is 15.3. The van der Waals surface area contributed by atoms with Crippen LogP contribution in [-0.2, 0) is 28.9 Å². The van der Waals surface area contributed by atoms with Gasteiger partial charge in [-0.2, -0.15) is 0 Å². The highest BCUT2D eigenvalue weighted by atomic mass is 32.1. The van der Waals surface area contributed by atoms with Crippen molar-refractivity contribution in [1.29, 1.82) is 0 Å². The van der Waals surface area contributed by atoms with Crippen LogP contribution in [0.25, 0.3) is 10.2 Å². The second kappa shape index (κ2) is 8.95. The van der Waals surface area contributed by atoms with Crippen molar-refractivity contribution in [2.45, 2.75) is 46.6 Å². The third kappa shape index (κ3) is 4.24. The molecule has 4 rings (SSSR count). The molecule has 0 fully saturated rings. The van der Waals surface area contributed by atoms with Crippen LogP contribution in [0.2, 0.25) is 0 Å². The van der Waals surface area contributed by atoms with Crippen LogP contribution in [0.4, 0.5) is 5.13 Å². The van der Waals surface area contributed by atoms with Crippen LogP contribution in [0, 0.1) is 19.8 Å². The summed E-state index contributed by atoms with van der Waals surface area (Å²) in [5.74, 6) is 0.172. The Morgan fingerprint density at radius 3 is 2.84 bits per heavy atom. The minimum Gasteiger partial charge on any atom is -0.457 e. The van der Waals surface area contributed by atoms with E-state index in [1.807, 2.05) is 0 Å². The fraction of sp³-hybridized carbons (Fsp3) is 0.409. The summed E-state index contributed by atoms with van der Waals surface area (Å²) in [6, 6.07) is 0. The zero-order chi connectivity index (χ0) is 23.0. The largest absolute Gasteiger partial charge is 0.457 e. The Balaban J connectivity index is 1.56. The van der Waals surface area contributed by atoms with Gasteiger partial charge >= 0.3 is 5.97 Å². The van der Waals surface area contributed by atoms with Gasteiger partial charge in [-0.1, -0.05) is 30.9 Å². The van der Waals surface area contributed by atoms with E-state index in [9.17, 15) is 14.4 Å². The molecule has 1 unspecified atom stereocenters. The molecule has 0 aromatic carbocycles. The number of fused-ring (bicyclic) bond motifs is 3. The number of thiazole rings is 1. The third-order valence-corrected chi connectivity index (χ3v) is 7.67. The van der Waals surface area contributed by atoms with Crippen molar-refractivity contribution in [1.82, 2.24) is 14.5 Å². The summed E-state index contributed by atoms with van der Waals surface area (Å²) in [4.78, 5) is 49.2. The molecule has 0 saturated heterocycles. The number of hydrogen-bond acceptors (Lipinski definition) is 8. The maximum atomic E-state index is 13.3. The van der Waals surface area contributed by atoms with Crippen molar-refractivity contribution >= 4 is 49.9 Å². The molecule has 3 aromatic heterocycles. The number of ether oxygens (including phenoxy) is 1. The Bertz CT molecular complexity index is 1290. The normalized spacial score (nSPS) is 15.4. The van der Waals surface area contributed by atoms with Crippen molar-refractivity contribution in [3.8, 4) is 0 Å². The summed E-state index contributed by atoms with van der Waals surface area (Å²) in [6.07, 6.45) is 4.36. The molecule has 0 spiro atoms. The molecule has 1 aliphatic carbocycles. The number of rotatable bonds is 6. The molecule has 0 radical (unpaired) electrons. The van der Waals surface area contributed by atoms with E-state index in [2.05, 4.69) is 28.8 Å². The molecular weight excluding hydrogens is 448 g/mol. The van der Waals surface area contributed by atoms with Crippen molar-refractivity contribution in [3.63, 3.8) is 0 Å². The number of anilines is 1. The van der Waals surface area contributed by atoms with E-state index < -0.39 is 11.9 Å². The summed E-state index contributed by atoms with van der Waals surface area (Å²) in [5, 5.41) is 3.61. The van der Waals surface area contributed by atoms with Crippen molar-refractivity contribution < 1.29 is 14.3 Å². The number of amides is 1. The minimum absolute atomic E-state index is 0.0980. The number of carbonyl (C=O) groups excluding carboxylic acids is 2. The number of carbonyl (C=O) groups is 2. The lowest BCUT2D eigenvalue weighted by Gasteiger charge is -2.17. The summed E-state index contributed by atoms with van der Waals surface area (Å²) in [7, 11) is 0. The van der Waals surface area contributed by atoms with Gasteiger partial charge < -0.3 is 10.1 Å². The van der Waals surface area contributed by atoms with E-state index in [4.69, 9.17) is 4.74 Å². The van der Waals surface area contributed by atoms with E-state index in [-0.39, 0.29) is 23.8 Å². The van der Waals surface area contributed by atoms with Crippen molar-refractivity contribution in [3.05, 3.63) is 49.8 Å². The van der Waals surface area contributed by atoms with Crippen molar-refractivity contribution in [2.75, 3.05) is 11.9 Å². The van der Waals surface area contributed by atoms with Crippen molar-refractivity contribution in [2.24, 2.45) is 5.92 Å². The zero-order valence-electron chi connectivity index (χ0n) is 18.2. The van der Waals surface area contributed by atoms with E-state index >= 15 is 0 Å². The van der Waals surface area contributed by atoms with Gasteiger partial charge in [-0.25, -0.2) is 14.8 Å². The van der Waals surface area contributed by atoms with E-state index in [0.717, 1.165) is 41.0 Å². The quantitative estimate of drug-likeness (QED) is 0.434. The number of aryl methyl sites for hydroxylation is 3. The molecule has 0 bridgehead atoms. The zero-order valence-corrected chi connectivity index (χ0v) is 19.8. The minimum atomic E-state index is -0.515. The SMILES string of the molecule is C=CCOC(=O)c1sc(NC(=O)Cn2c(C)nc3sc4c(c3c2=O)CCC(C)C4)nc1C. The lowest BCUT2D eigenvalue weighted by Crippen LogP contribution is -2.30. The smallest absolute Gasteiger partial charge is 0.350 e. The summed E-state index contributed by atoms with van der Waals surface area (Å²) >= 11 is 2.63. The van der Waals surface area contributed by atoms with Gasteiger partial charge in [0.15, 0.2) is 5.13 Å². The fourth-order valence-corrected chi connectivity index (χ4v) is 6.15.